The first-order chi connectivity index (χ1) is 12.7. The molecule has 3 rings (SSSR count). The highest BCUT2D eigenvalue weighted by Gasteiger charge is 2.04. The van der Waals surface area contributed by atoms with Crippen LogP contribution in [0, 0.1) is 0 Å². The average Bonchev–Trinajstić information content (AvgIpc) is 3.14. The molecule has 0 atom stereocenters. The first kappa shape index (κ1) is 18.0. The highest BCUT2D eigenvalue weighted by molar-refractivity contribution is 5.78. The molecule has 0 saturated heterocycles. The van der Waals surface area contributed by atoms with Crippen LogP contribution in [-0.2, 0) is 22.7 Å². The summed E-state index contributed by atoms with van der Waals surface area (Å²) in [6.07, 6.45) is 2.81. The van der Waals surface area contributed by atoms with Crippen LogP contribution in [0.4, 0.5) is 0 Å². The van der Waals surface area contributed by atoms with Crippen LogP contribution in [0.15, 0.2) is 59.2 Å². The fraction of sp³-hybridized carbons (Fsp3) is 0.286. The van der Waals surface area contributed by atoms with Crippen LogP contribution in [0.5, 0.6) is 5.75 Å². The second kappa shape index (κ2) is 9.06. The SMILES string of the molecule is COc1ccc(COCCCC(=O)NCc2ccc3ccoc3c2)cc1. The number of fused-ring (bicyclic) bond motifs is 1. The molecular weight excluding hydrogens is 330 g/mol. The second-order valence-electron chi connectivity index (χ2n) is 6.07. The van der Waals surface area contributed by atoms with Crippen LogP contribution in [0.3, 0.4) is 0 Å². The largest absolute Gasteiger partial charge is 0.497 e. The Morgan fingerprint density at radius 2 is 1.88 bits per heavy atom. The van der Waals surface area contributed by atoms with Crippen LogP contribution >= 0.6 is 0 Å². The average molecular weight is 353 g/mol. The number of rotatable bonds is 9. The van der Waals surface area contributed by atoms with Crippen molar-refractivity contribution in [3.63, 3.8) is 0 Å². The molecule has 5 nitrogen and oxygen atoms in total. The molecule has 1 N–H and O–H groups in total. The van der Waals surface area contributed by atoms with Gasteiger partial charge in [0.2, 0.25) is 5.91 Å². The van der Waals surface area contributed by atoms with E-state index in [1.165, 1.54) is 0 Å². The minimum absolute atomic E-state index is 0.0255. The smallest absolute Gasteiger partial charge is 0.220 e. The minimum atomic E-state index is 0.0255. The van der Waals surface area contributed by atoms with E-state index in [-0.39, 0.29) is 5.91 Å². The van der Waals surface area contributed by atoms with E-state index in [1.54, 1.807) is 13.4 Å². The fourth-order valence-electron chi connectivity index (χ4n) is 2.64. The molecule has 0 fully saturated rings. The van der Waals surface area contributed by atoms with Crippen molar-refractivity contribution in [2.45, 2.75) is 26.0 Å². The third-order valence-corrected chi connectivity index (χ3v) is 4.13. The molecule has 1 aromatic heterocycles. The molecule has 3 aromatic rings. The monoisotopic (exact) mass is 353 g/mol. The van der Waals surface area contributed by atoms with Gasteiger partial charge in [0.25, 0.3) is 0 Å². The molecular formula is C21H23NO4. The molecule has 0 bridgehead atoms. The molecule has 136 valence electrons. The van der Waals surface area contributed by atoms with Gasteiger partial charge in [-0.05, 0) is 41.8 Å². The van der Waals surface area contributed by atoms with E-state index in [1.807, 2.05) is 48.5 Å². The van der Waals surface area contributed by atoms with Gasteiger partial charge in [0.05, 0.1) is 20.0 Å². The normalized spacial score (nSPS) is 10.8. The second-order valence-corrected chi connectivity index (χ2v) is 6.07. The Morgan fingerprint density at radius 3 is 2.69 bits per heavy atom. The Kier molecular flexibility index (Phi) is 6.28. The maximum Gasteiger partial charge on any atom is 0.220 e. The summed E-state index contributed by atoms with van der Waals surface area (Å²) in [5.41, 5.74) is 2.95. The Labute approximate surface area is 152 Å². The van der Waals surface area contributed by atoms with Crippen LogP contribution in [0.2, 0.25) is 0 Å². The predicted molar refractivity (Wildman–Crippen MR) is 99.9 cm³/mol. The third-order valence-electron chi connectivity index (χ3n) is 4.13. The van der Waals surface area contributed by atoms with Gasteiger partial charge < -0.3 is 19.2 Å². The number of carbonyl (C=O) groups is 1. The Hall–Kier alpha value is -2.79. The Morgan fingerprint density at radius 1 is 1.08 bits per heavy atom. The van der Waals surface area contributed by atoms with E-state index in [9.17, 15) is 4.79 Å². The molecule has 5 heteroatoms. The van der Waals surface area contributed by atoms with Gasteiger partial charge in [0.1, 0.15) is 11.3 Å². The van der Waals surface area contributed by atoms with Crippen molar-refractivity contribution < 1.29 is 18.7 Å². The molecule has 0 aliphatic heterocycles. The van der Waals surface area contributed by atoms with Crippen LogP contribution in [0.25, 0.3) is 11.0 Å². The van der Waals surface area contributed by atoms with E-state index in [2.05, 4.69) is 5.32 Å². The zero-order valence-electron chi connectivity index (χ0n) is 14.9. The standard InChI is InChI=1S/C21H23NO4/c1-24-19-8-5-16(6-9-19)15-25-11-2-3-21(23)22-14-17-4-7-18-10-12-26-20(18)13-17/h4-10,12-13H,2-3,11,14-15H2,1H3,(H,22,23). The lowest BCUT2D eigenvalue weighted by Crippen LogP contribution is -2.22. The molecule has 26 heavy (non-hydrogen) atoms. The minimum Gasteiger partial charge on any atom is -0.497 e. The fourth-order valence-corrected chi connectivity index (χ4v) is 2.64. The molecule has 0 radical (unpaired) electrons. The Bertz CT molecular complexity index is 839. The lowest BCUT2D eigenvalue weighted by atomic mass is 10.1. The van der Waals surface area contributed by atoms with Crippen molar-refractivity contribution in [2.24, 2.45) is 0 Å². The van der Waals surface area contributed by atoms with Gasteiger partial charge in [-0.25, -0.2) is 0 Å². The van der Waals surface area contributed by atoms with Crippen LogP contribution in [-0.4, -0.2) is 19.6 Å². The zero-order valence-corrected chi connectivity index (χ0v) is 14.9. The number of carbonyl (C=O) groups excluding carboxylic acids is 1. The number of hydrogen-bond acceptors (Lipinski definition) is 4. The maximum absolute atomic E-state index is 11.9. The van der Waals surface area contributed by atoms with Gasteiger partial charge >= 0.3 is 0 Å². The molecule has 0 aliphatic rings. The van der Waals surface area contributed by atoms with Crippen LogP contribution < -0.4 is 10.1 Å². The van der Waals surface area contributed by atoms with Crippen molar-refractivity contribution >= 4 is 16.9 Å². The first-order valence-electron chi connectivity index (χ1n) is 8.68. The van der Waals surface area contributed by atoms with Crippen LogP contribution in [0.1, 0.15) is 24.0 Å². The van der Waals surface area contributed by atoms with Gasteiger partial charge in [-0.1, -0.05) is 24.3 Å². The summed E-state index contributed by atoms with van der Waals surface area (Å²) >= 11 is 0. The summed E-state index contributed by atoms with van der Waals surface area (Å²) in [5.74, 6) is 0.856. The number of methoxy groups -OCH3 is 1. The molecule has 0 spiro atoms. The number of amides is 1. The molecule has 1 amide bonds. The van der Waals surface area contributed by atoms with Crippen molar-refractivity contribution in [1.82, 2.24) is 5.32 Å². The van der Waals surface area contributed by atoms with E-state index in [0.29, 0.717) is 32.6 Å². The van der Waals surface area contributed by atoms with Gasteiger partial charge in [-0.3, -0.25) is 4.79 Å². The highest BCUT2D eigenvalue weighted by atomic mass is 16.5. The summed E-state index contributed by atoms with van der Waals surface area (Å²) in [6.45, 7) is 1.59. The van der Waals surface area contributed by atoms with E-state index < -0.39 is 0 Å². The molecule has 0 aliphatic carbocycles. The van der Waals surface area contributed by atoms with Gasteiger partial charge in [0, 0.05) is 25.0 Å². The molecule has 0 saturated carbocycles. The van der Waals surface area contributed by atoms with Crippen molar-refractivity contribution in [1.29, 1.82) is 0 Å². The van der Waals surface area contributed by atoms with Crippen molar-refractivity contribution in [3.8, 4) is 5.75 Å². The summed E-state index contributed by atoms with van der Waals surface area (Å²) in [6, 6.07) is 15.6. The number of furan rings is 1. The van der Waals surface area contributed by atoms with E-state index in [0.717, 1.165) is 27.8 Å². The summed E-state index contributed by atoms with van der Waals surface area (Å²) in [7, 11) is 1.64. The number of hydrogen-bond donors (Lipinski definition) is 1. The van der Waals surface area contributed by atoms with Gasteiger partial charge in [0.15, 0.2) is 0 Å². The van der Waals surface area contributed by atoms with Gasteiger partial charge in [-0.2, -0.15) is 0 Å². The lowest BCUT2D eigenvalue weighted by molar-refractivity contribution is -0.121. The van der Waals surface area contributed by atoms with E-state index in [4.69, 9.17) is 13.9 Å². The van der Waals surface area contributed by atoms with E-state index >= 15 is 0 Å². The summed E-state index contributed by atoms with van der Waals surface area (Å²) in [4.78, 5) is 11.9. The number of nitrogens with one attached hydrogen (secondary N) is 1. The number of ether oxygens (including phenoxy) is 2. The highest BCUT2D eigenvalue weighted by Crippen LogP contribution is 2.17. The zero-order chi connectivity index (χ0) is 18.2. The maximum atomic E-state index is 11.9. The predicted octanol–water partition coefficient (Wildman–Crippen LogP) is 4.05. The molecule has 0 unspecified atom stereocenters. The summed E-state index contributed by atoms with van der Waals surface area (Å²) < 4.78 is 16.1. The van der Waals surface area contributed by atoms with Crippen molar-refractivity contribution in [2.75, 3.05) is 13.7 Å². The Balaban J connectivity index is 1.31. The summed E-state index contributed by atoms with van der Waals surface area (Å²) in [5, 5.41) is 3.99. The van der Waals surface area contributed by atoms with Gasteiger partial charge in [-0.15, -0.1) is 0 Å². The van der Waals surface area contributed by atoms with Crippen molar-refractivity contribution in [3.05, 3.63) is 65.9 Å². The first-order valence-corrected chi connectivity index (χ1v) is 8.68. The quantitative estimate of drug-likeness (QED) is 0.590. The third kappa shape index (κ3) is 5.10. The lowest BCUT2D eigenvalue weighted by Gasteiger charge is -2.07. The topological polar surface area (TPSA) is 60.7 Å². The molecule has 2 aromatic carbocycles. The molecule has 1 heterocycles. The number of benzene rings is 2.